The van der Waals surface area contributed by atoms with Gasteiger partial charge in [0.25, 0.3) is 0 Å². The lowest BCUT2D eigenvalue weighted by molar-refractivity contribution is -0.384. The summed E-state index contributed by atoms with van der Waals surface area (Å²) < 4.78 is 11.4. The molecule has 0 aliphatic carbocycles. The molecular weight excluding hydrogens is 422 g/mol. The number of nitrogens with one attached hydrogen (secondary N) is 1. The fraction of sp³-hybridized carbons (Fsp3) is 0.333. The van der Waals surface area contributed by atoms with E-state index in [0.717, 1.165) is 38.2 Å². The van der Waals surface area contributed by atoms with Crippen molar-refractivity contribution < 1.29 is 14.4 Å². The van der Waals surface area contributed by atoms with E-state index in [9.17, 15) is 10.1 Å². The molecule has 0 radical (unpaired) electrons. The number of aryl methyl sites for hydroxylation is 1. The minimum atomic E-state index is -0.459. The Morgan fingerprint density at radius 1 is 1.26 bits per heavy atom. The van der Waals surface area contributed by atoms with Crippen LogP contribution in [0.4, 0.5) is 17.3 Å². The number of morpholine rings is 1. The van der Waals surface area contributed by atoms with Crippen LogP contribution in [0.15, 0.2) is 36.5 Å². The van der Waals surface area contributed by atoms with Crippen molar-refractivity contribution in [2.75, 3.05) is 44.8 Å². The second kappa shape index (κ2) is 9.42. The highest BCUT2D eigenvalue weighted by atomic mass is 35.5. The minimum Gasteiger partial charge on any atom is -0.492 e. The molecular formula is C21H22ClN5O4. The number of aromatic nitrogens is 2. The number of hydrogen-bond donors (Lipinski definition) is 1. The van der Waals surface area contributed by atoms with Gasteiger partial charge >= 0.3 is 5.69 Å². The van der Waals surface area contributed by atoms with Gasteiger partial charge in [0.1, 0.15) is 18.2 Å². The Hall–Kier alpha value is -3.01. The molecule has 2 aromatic heterocycles. The number of halogens is 1. The number of fused-ring (bicyclic) bond motifs is 1. The normalized spacial score (nSPS) is 14.5. The molecule has 1 aliphatic heterocycles. The van der Waals surface area contributed by atoms with Crippen molar-refractivity contribution in [1.29, 1.82) is 0 Å². The molecule has 0 atom stereocenters. The summed E-state index contributed by atoms with van der Waals surface area (Å²) in [6.07, 6.45) is 1.51. The summed E-state index contributed by atoms with van der Waals surface area (Å²) in [6, 6.07) is 8.71. The average Bonchev–Trinajstić information content (AvgIpc) is 2.76. The van der Waals surface area contributed by atoms with Crippen LogP contribution in [0.1, 0.15) is 5.56 Å². The van der Waals surface area contributed by atoms with Crippen LogP contribution in [0.3, 0.4) is 0 Å². The first-order chi connectivity index (χ1) is 15.0. The predicted molar refractivity (Wildman–Crippen MR) is 118 cm³/mol. The largest absolute Gasteiger partial charge is 0.492 e. The van der Waals surface area contributed by atoms with E-state index in [1.807, 2.05) is 12.1 Å². The number of anilines is 2. The summed E-state index contributed by atoms with van der Waals surface area (Å²) in [6.45, 7) is 6.31. The molecule has 3 aromatic rings. The van der Waals surface area contributed by atoms with Crippen LogP contribution in [-0.2, 0) is 4.74 Å². The molecule has 3 heterocycles. The molecule has 1 fully saturated rings. The second-order valence-corrected chi connectivity index (χ2v) is 7.56. The first-order valence-electron chi connectivity index (χ1n) is 9.92. The molecule has 31 heavy (non-hydrogen) atoms. The summed E-state index contributed by atoms with van der Waals surface area (Å²) in [4.78, 5) is 21.9. The lowest BCUT2D eigenvalue weighted by atomic mass is 10.2. The van der Waals surface area contributed by atoms with Crippen molar-refractivity contribution in [2.24, 2.45) is 0 Å². The minimum absolute atomic E-state index is 0.0873. The van der Waals surface area contributed by atoms with Gasteiger partial charge < -0.3 is 14.8 Å². The number of nitro groups is 1. The third kappa shape index (κ3) is 4.84. The van der Waals surface area contributed by atoms with E-state index >= 15 is 0 Å². The lowest BCUT2D eigenvalue weighted by Gasteiger charge is -2.26. The van der Waals surface area contributed by atoms with Crippen LogP contribution in [0.5, 0.6) is 5.75 Å². The molecule has 0 spiro atoms. The van der Waals surface area contributed by atoms with Gasteiger partial charge in [-0.15, -0.1) is 0 Å². The Morgan fingerprint density at radius 2 is 2.06 bits per heavy atom. The van der Waals surface area contributed by atoms with Gasteiger partial charge in [-0.3, -0.25) is 15.0 Å². The zero-order valence-corrected chi connectivity index (χ0v) is 17.8. The monoisotopic (exact) mass is 443 g/mol. The molecule has 0 unspecified atom stereocenters. The van der Waals surface area contributed by atoms with Crippen molar-refractivity contribution in [3.8, 4) is 5.75 Å². The Balaban J connectivity index is 1.55. The first-order valence-corrected chi connectivity index (χ1v) is 10.3. The molecule has 10 heteroatoms. The Kier molecular flexibility index (Phi) is 6.45. The van der Waals surface area contributed by atoms with Crippen LogP contribution < -0.4 is 10.1 Å². The van der Waals surface area contributed by atoms with Crippen LogP contribution in [0.2, 0.25) is 5.02 Å². The Morgan fingerprint density at radius 3 is 2.84 bits per heavy atom. The highest BCUT2D eigenvalue weighted by molar-refractivity contribution is 6.35. The fourth-order valence-electron chi connectivity index (χ4n) is 3.46. The standard InChI is InChI=1S/C21H22ClN5O4/c1-14-6-7-23-21(20(14)27(28)29)25-18-5-2-15-17(4-3-16(22)19(15)24-18)31-13-10-26-8-11-30-12-9-26/h2-7H,8-13H2,1H3,(H,23,24,25). The lowest BCUT2D eigenvalue weighted by Crippen LogP contribution is -2.38. The summed E-state index contributed by atoms with van der Waals surface area (Å²) in [5.74, 6) is 1.22. The number of hydrogen-bond acceptors (Lipinski definition) is 8. The number of benzene rings is 1. The van der Waals surface area contributed by atoms with Gasteiger partial charge in [-0.25, -0.2) is 9.97 Å². The average molecular weight is 444 g/mol. The summed E-state index contributed by atoms with van der Waals surface area (Å²) >= 11 is 6.37. The third-order valence-electron chi connectivity index (χ3n) is 5.09. The summed E-state index contributed by atoms with van der Waals surface area (Å²) in [5, 5.41) is 15.6. The van der Waals surface area contributed by atoms with Crippen molar-refractivity contribution >= 4 is 39.8 Å². The molecule has 1 N–H and O–H groups in total. The fourth-order valence-corrected chi connectivity index (χ4v) is 3.66. The van der Waals surface area contributed by atoms with Crippen LogP contribution in [0.25, 0.3) is 10.9 Å². The molecule has 1 aromatic carbocycles. The number of pyridine rings is 2. The predicted octanol–water partition coefficient (Wildman–Crippen LogP) is 3.95. The van der Waals surface area contributed by atoms with Crippen LogP contribution >= 0.6 is 11.6 Å². The van der Waals surface area contributed by atoms with E-state index in [0.29, 0.717) is 34.3 Å². The van der Waals surface area contributed by atoms with Crippen LogP contribution in [0, 0.1) is 17.0 Å². The highest BCUT2D eigenvalue weighted by Gasteiger charge is 2.19. The van der Waals surface area contributed by atoms with E-state index in [1.54, 1.807) is 25.1 Å². The highest BCUT2D eigenvalue weighted by Crippen LogP contribution is 2.33. The zero-order chi connectivity index (χ0) is 21.8. The van der Waals surface area contributed by atoms with E-state index in [1.165, 1.54) is 6.20 Å². The molecule has 9 nitrogen and oxygen atoms in total. The van der Waals surface area contributed by atoms with E-state index in [-0.39, 0.29) is 11.5 Å². The maximum Gasteiger partial charge on any atom is 0.314 e. The van der Waals surface area contributed by atoms with E-state index < -0.39 is 4.92 Å². The van der Waals surface area contributed by atoms with Gasteiger partial charge in [-0.2, -0.15) is 0 Å². The SMILES string of the molecule is Cc1ccnc(Nc2ccc3c(OCCN4CCOCC4)ccc(Cl)c3n2)c1[N+](=O)[O-]. The number of ether oxygens (including phenoxy) is 2. The Bertz CT molecular complexity index is 1100. The van der Waals surface area contributed by atoms with Crippen molar-refractivity contribution in [2.45, 2.75) is 6.92 Å². The second-order valence-electron chi connectivity index (χ2n) is 7.15. The zero-order valence-electron chi connectivity index (χ0n) is 17.0. The summed E-state index contributed by atoms with van der Waals surface area (Å²) in [7, 11) is 0. The van der Waals surface area contributed by atoms with Crippen molar-refractivity contribution in [3.05, 3.63) is 57.2 Å². The molecule has 4 rings (SSSR count). The van der Waals surface area contributed by atoms with Gasteiger partial charge in [-0.1, -0.05) is 11.6 Å². The third-order valence-corrected chi connectivity index (χ3v) is 5.40. The van der Waals surface area contributed by atoms with Crippen molar-refractivity contribution in [3.63, 3.8) is 0 Å². The number of rotatable bonds is 7. The molecule has 1 saturated heterocycles. The first kappa shape index (κ1) is 21.2. The molecule has 1 aliphatic rings. The van der Waals surface area contributed by atoms with Gasteiger partial charge in [0, 0.05) is 36.8 Å². The topological polar surface area (TPSA) is 103 Å². The Labute approximate surface area is 184 Å². The number of nitrogens with zero attached hydrogens (tertiary/aromatic N) is 4. The quantitative estimate of drug-likeness (QED) is 0.432. The smallest absolute Gasteiger partial charge is 0.314 e. The van der Waals surface area contributed by atoms with Gasteiger partial charge in [0.2, 0.25) is 5.82 Å². The van der Waals surface area contributed by atoms with Crippen molar-refractivity contribution in [1.82, 2.24) is 14.9 Å². The summed E-state index contributed by atoms with van der Waals surface area (Å²) in [5.41, 5.74) is 0.971. The van der Waals surface area contributed by atoms with Gasteiger partial charge in [0.05, 0.1) is 28.7 Å². The van der Waals surface area contributed by atoms with E-state index in [2.05, 4.69) is 20.2 Å². The molecule has 0 saturated carbocycles. The maximum atomic E-state index is 11.4. The molecule has 0 amide bonds. The van der Waals surface area contributed by atoms with Gasteiger partial charge in [-0.05, 0) is 37.3 Å². The van der Waals surface area contributed by atoms with Gasteiger partial charge in [0.15, 0.2) is 0 Å². The molecule has 0 bridgehead atoms. The van der Waals surface area contributed by atoms with Crippen LogP contribution in [-0.4, -0.2) is 59.2 Å². The maximum absolute atomic E-state index is 11.4. The van der Waals surface area contributed by atoms with E-state index in [4.69, 9.17) is 21.1 Å². The molecule has 162 valence electrons.